The highest BCUT2D eigenvalue weighted by molar-refractivity contribution is 7.10. The van der Waals surface area contributed by atoms with Crippen LogP contribution in [-0.2, 0) is 6.42 Å². The van der Waals surface area contributed by atoms with Crippen LogP contribution in [0.5, 0.6) is 0 Å². The van der Waals surface area contributed by atoms with E-state index in [-0.39, 0.29) is 11.7 Å². The number of hydrogen-bond donors (Lipinski definition) is 1. The summed E-state index contributed by atoms with van der Waals surface area (Å²) in [7, 11) is 0. The lowest BCUT2D eigenvalue weighted by Crippen LogP contribution is -2.17. The van der Waals surface area contributed by atoms with Crippen LogP contribution in [0.1, 0.15) is 29.3 Å². The molecule has 1 heterocycles. The van der Waals surface area contributed by atoms with Crippen molar-refractivity contribution < 1.29 is 8.78 Å². The molecule has 18 heavy (non-hydrogen) atoms. The van der Waals surface area contributed by atoms with Gasteiger partial charge in [0.25, 0.3) is 0 Å². The Balaban J connectivity index is 1.91. The molecule has 0 radical (unpaired) electrons. The average Bonchev–Trinajstić information content (AvgIpc) is 2.83. The zero-order valence-electron chi connectivity index (χ0n) is 9.75. The van der Waals surface area contributed by atoms with Gasteiger partial charge in [0.1, 0.15) is 17.3 Å². The summed E-state index contributed by atoms with van der Waals surface area (Å²) in [4.78, 5) is 1.33. The molecule has 1 unspecified atom stereocenters. The lowest BCUT2D eigenvalue weighted by atomic mass is 9.94. The topological polar surface area (TPSA) is 12.0 Å². The second-order valence-electron chi connectivity index (χ2n) is 4.48. The van der Waals surface area contributed by atoms with Crippen molar-refractivity contribution in [2.75, 3.05) is 5.32 Å². The fourth-order valence-corrected chi connectivity index (χ4v) is 3.43. The maximum absolute atomic E-state index is 13.6. The molecule has 0 amide bonds. The van der Waals surface area contributed by atoms with Gasteiger partial charge >= 0.3 is 0 Å². The maximum atomic E-state index is 13.6. The molecule has 0 saturated carbocycles. The van der Waals surface area contributed by atoms with Gasteiger partial charge in [-0.05, 0) is 48.4 Å². The highest BCUT2D eigenvalue weighted by Crippen LogP contribution is 2.36. The van der Waals surface area contributed by atoms with Crippen LogP contribution in [-0.4, -0.2) is 0 Å². The van der Waals surface area contributed by atoms with Crippen molar-refractivity contribution in [3.63, 3.8) is 0 Å². The molecule has 1 aliphatic carbocycles. The summed E-state index contributed by atoms with van der Waals surface area (Å²) < 4.78 is 27.2. The molecule has 2 aromatic rings. The van der Waals surface area contributed by atoms with Gasteiger partial charge in [0.2, 0.25) is 0 Å². The summed E-state index contributed by atoms with van der Waals surface area (Å²) >= 11 is 1.72. The van der Waals surface area contributed by atoms with E-state index < -0.39 is 11.6 Å². The van der Waals surface area contributed by atoms with Gasteiger partial charge < -0.3 is 5.32 Å². The van der Waals surface area contributed by atoms with E-state index >= 15 is 0 Å². The number of aryl methyl sites for hydroxylation is 1. The molecule has 1 N–H and O–H groups in total. The molecule has 0 fully saturated rings. The van der Waals surface area contributed by atoms with Crippen molar-refractivity contribution in [1.82, 2.24) is 0 Å². The zero-order chi connectivity index (χ0) is 12.5. The average molecular weight is 265 g/mol. The largest absolute Gasteiger partial charge is 0.373 e. The lowest BCUT2D eigenvalue weighted by Gasteiger charge is -2.25. The molecule has 0 saturated heterocycles. The summed E-state index contributed by atoms with van der Waals surface area (Å²) in [6.45, 7) is 0. The molecular formula is C14H13F2NS. The minimum atomic E-state index is -0.530. The van der Waals surface area contributed by atoms with E-state index in [4.69, 9.17) is 0 Å². The van der Waals surface area contributed by atoms with Crippen LogP contribution in [0.25, 0.3) is 0 Å². The molecule has 0 spiro atoms. The fourth-order valence-electron chi connectivity index (χ4n) is 2.45. The molecule has 94 valence electrons. The molecule has 1 aromatic carbocycles. The van der Waals surface area contributed by atoms with Gasteiger partial charge in [0.15, 0.2) is 0 Å². The highest BCUT2D eigenvalue weighted by atomic mass is 32.1. The fraction of sp³-hybridized carbons (Fsp3) is 0.286. The monoisotopic (exact) mass is 265 g/mol. The van der Waals surface area contributed by atoms with Gasteiger partial charge in [-0.1, -0.05) is 6.07 Å². The van der Waals surface area contributed by atoms with Crippen LogP contribution in [0.4, 0.5) is 14.5 Å². The minimum Gasteiger partial charge on any atom is -0.373 e. The van der Waals surface area contributed by atoms with Crippen molar-refractivity contribution in [3.8, 4) is 0 Å². The molecular weight excluding hydrogens is 252 g/mol. The van der Waals surface area contributed by atoms with E-state index in [1.165, 1.54) is 28.6 Å². The second-order valence-corrected chi connectivity index (χ2v) is 5.49. The van der Waals surface area contributed by atoms with Gasteiger partial charge in [-0.3, -0.25) is 0 Å². The quantitative estimate of drug-likeness (QED) is 0.842. The van der Waals surface area contributed by atoms with E-state index in [2.05, 4.69) is 11.4 Å². The van der Waals surface area contributed by atoms with E-state index in [1.54, 1.807) is 11.3 Å². The molecule has 1 aromatic heterocycles. The number of fused-ring (bicyclic) bond motifs is 1. The van der Waals surface area contributed by atoms with Gasteiger partial charge in [-0.25, -0.2) is 8.78 Å². The summed E-state index contributed by atoms with van der Waals surface area (Å²) in [6.07, 6.45) is 3.05. The van der Waals surface area contributed by atoms with E-state index in [9.17, 15) is 8.78 Å². The molecule has 1 atom stereocenters. The number of para-hydroxylation sites is 1. The summed E-state index contributed by atoms with van der Waals surface area (Å²) in [6, 6.07) is 6.01. The summed E-state index contributed by atoms with van der Waals surface area (Å²) in [5, 5.41) is 5.06. The normalized spacial score (nSPS) is 18.4. The van der Waals surface area contributed by atoms with Crippen LogP contribution in [0, 0.1) is 11.6 Å². The van der Waals surface area contributed by atoms with Crippen LogP contribution < -0.4 is 5.32 Å². The number of hydrogen-bond acceptors (Lipinski definition) is 2. The van der Waals surface area contributed by atoms with E-state index in [0.717, 1.165) is 19.3 Å². The molecule has 4 heteroatoms. The third-order valence-electron chi connectivity index (χ3n) is 3.33. The zero-order valence-corrected chi connectivity index (χ0v) is 10.6. The van der Waals surface area contributed by atoms with E-state index in [1.807, 2.05) is 5.38 Å². The van der Waals surface area contributed by atoms with Crippen molar-refractivity contribution in [3.05, 3.63) is 51.7 Å². The summed E-state index contributed by atoms with van der Waals surface area (Å²) in [5.41, 5.74) is 1.18. The number of benzene rings is 1. The van der Waals surface area contributed by atoms with Crippen molar-refractivity contribution in [2.45, 2.75) is 25.3 Å². The van der Waals surface area contributed by atoms with Gasteiger partial charge in [-0.2, -0.15) is 0 Å². The van der Waals surface area contributed by atoms with Crippen molar-refractivity contribution in [2.24, 2.45) is 0 Å². The smallest absolute Gasteiger partial charge is 0.149 e. The van der Waals surface area contributed by atoms with Crippen molar-refractivity contribution in [1.29, 1.82) is 0 Å². The molecule has 1 nitrogen and oxygen atoms in total. The first-order valence-electron chi connectivity index (χ1n) is 6.02. The Morgan fingerprint density at radius 1 is 1.17 bits per heavy atom. The Morgan fingerprint density at radius 3 is 2.72 bits per heavy atom. The third kappa shape index (κ3) is 2.01. The first-order valence-corrected chi connectivity index (χ1v) is 6.90. The Kier molecular flexibility index (Phi) is 3.04. The highest BCUT2D eigenvalue weighted by Gasteiger charge is 2.22. The number of nitrogens with one attached hydrogen (secondary N) is 1. The van der Waals surface area contributed by atoms with E-state index in [0.29, 0.717) is 0 Å². The predicted molar refractivity (Wildman–Crippen MR) is 70.0 cm³/mol. The third-order valence-corrected chi connectivity index (χ3v) is 4.33. The number of halogens is 2. The standard InChI is InChI=1S/C14H13F2NS/c15-10-3-1-4-11(16)14(10)17-12-5-2-6-13-9(12)7-8-18-13/h1,3-4,7-8,12,17H,2,5-6H2. The minimum absolute atomic E-state index is 0.0125. The Labute approximate surface area is 108 Å². The second kappa shape index (κ2) is 4.69. The number of rotatable bonds is 2. The van der Waals surface area contributed by atoms with Gasteiger partial charge in [0.05, 0.1) is 6.04 Å². The molecule has 3 rings (SSSR count). The molecule has 1 aliphatic rings. The molecule has 0 bridgehead atoms. The Hall–Kier alpha value is -1.42. The molecule has 0 aliphatic heterocycles. The number of anilines is 1. The number of thiophene rings is 1. The summed E-state index contributed by atoms with van der Waals surface area (Å²) in [5.74, 6) is -1.06. The van der Waals surface area contributed by atoms with Gasteiger partial charge in [0, 0.05) is 4.88 Å². The SMILES string of the molecule is Fc1cccc(F)c1NC1CCCc2sccc21. The Morgan fingerprint density at radius 2 is 1.94 bits per heavy atom. The van der Waals surface area contributed by atoms with Gasteiger partial charge in [-0.15, -0.1) is 11.3 Å². The first kappa shape index (κ1) is 11.7. The lowest BCUT2D eigenvalue weighted by molar-refractivity contribution is 0.564. The predicted octanol–water partition coefficient (Wildman–Crippen LogP) is 4.52. The Bertz CT molecular complexity index is 544. The maximum Gasteiger partial charge on any atom is 0.149 e. The van der Waals surface area contributed by atoms with Crippen LogP contribution in [0.3, 0.4) is 0 Å². The van der Waals surface area contributed by atoms with Crippen LogP contribution >= 0.6 is 11.3 Å². The van der Waals surface area contributed by atoms with Crippen LogP contribution in [0.2, 0.25) is 0 Å². The first-order chi connectivity index (χ1) is 8.75. The van der Waals surface area contributed by atoms with Crippen molar-refractivity contribution >= 4 is 17.0 Å². The van der Waals surface area contributed by atoms with Crippen LogP contribution in [0.15, 0.2) is 29.6 Å².